The van der Waals surface area contributed by atoms with Gasteiger partial charge in [-0.05, 0) is 37.6 Å². The smallest absolute Gasteiger partial charge is 0.317 e. The van der Waals surface area contributed by atoms with Crippen molar-refractivity contribution in [2.75, 3.05) is 26.8 Å². The number of carbonyl (C=O) groups is 1. The van der Waals surface area contributed by atoms with Crippen LogP contribution in [-0.2, 0) is 11.2 Å². The molecule has 0 aliphatic rings. The summed E-state index contributed by atoms with van der Waals surface area (Å²) in [5.74, 6) is -0.0535. The van der Waals surface area contributed by atoms with Crippen LogP contribution in [0.3, 0.4) is 0 Å². The number of aliphatic hydroxyl groups excluding tert-OH is 1. The van der Waals surface area contributed by atoms with Gasteiger partial charge in [0.25, 0.3) is 0 Å². The van der Waals surface area contributed by atoms with E-state index in [1.807, 2.05) is 24.3 Å². The number of aliphatic hydroxyl groups is 1. The number of aliphatic carboxylic acids is 1. The van der Waals surface area contributed by atoms with Gasteiger partial charge in [0.2, 0.25) is 0 Å². The standard InChI is InChI=1S/C16H25NO4/c1-3-4-9-21-15-7-5-13(6-8-15)10-14(12-18)17(2)11-16(19)20/h5-8,14,18H,3-4,9-12H2,1-2H3,(H,19,20)/t14-/m0/s1. The SMILES string of the molecule is CCCCOc1ccc(C[C@@H](CO)N(C)CC(=O)O)cc1. The molecule has 0 amide bonds. The summed E-state index contributed by atoms with van der Waals surface area (Å²) in [4.78, 5) is 12.4. The van der Waals surface area contributed by atoms with Crippen LogP contribution in [0.2, 0.25) is 0 Å². The predicted molar refractivity (Wildman–Crippen MR) is 81.7 cm³/mol. The lowest BCUT2D eigenvalue weighted by molar-refractivity contribution is -0.138. The molecular formula is C16H25NO4. The maximum absolute atomic E-state index is 10.7. The molecule has 0 fully saturated rings. The van der Waals surface area contributed by atoms with Crippen LogP contribution in [-0.4, -0.2) is 53.9 Å². The number of carboxylic acids is 1. The molecule has 0 aromatic heterocycles. The number of carboxylic acid groups (broad SMARTS) is 1. The zero-order valence-electron chi connectivity index (χ0n) is 12.8. The first-order chi connectivity index (χ1) is 10.1. The molecule has 0 radical (unpaired) electrons. The van der Waals surface area contributed by atoms with Crippen LogP contribution in [0, 0.1) is 0 Å². The van der Waals surface area contributed by atoms with E-state index in [2.05, 4.69) is 6.92 Å². The first-order valence-electron chi connectivity index (χ1n) is 7.31. The summed E-state index contributed by atoms with van der Waals surface area (Å²) in [6.07, 6.45) is 2.75. The van der Waals surface area contributed by atoms with Crippen molar-refractivity contribution >= 4 is 5.97 Å². The van der Waals surface area contributed by atoms with Gasteiger partial charge < -0.3 is 14.9 Å². The summed E-state index contributed by atoms with van der Waals surface area (Å²) in [6, 6.07) is 7.54. The van der Waals surface area contributed by atoms with Gasteiger partial charge in [0.15, 0.2) is 0 Å². The molecule has 1 aromatic carbocycles. The summed E-state index contributed by atoms with van der Waals surface area (Å²) in [5, 5.41) is 18.2. The Labute approximate surface area is 126 Å². The van der Waals surface area contributed by atoms with Gasteiger partial charge >= 0.3 is 5.97 Å². The number of likely N-dealkylation sites (N-methyl/N-ethyl adjacent to an activating group) is 1. The minimum absolute atomic E-state index is 0.0709. The fourth-order valence-electron chi connectivity index (χ4n) is 2.03. The summed E-state index contributed by atoms with van der Waals surface area (Å²) < 4.78 is 5.60. The Kier molecular flexibility index (Phi) is 7.79. The minimum atomic E-state index is -0.893. The Balaban J connectivity index is 2.54. The molecule has 1 rings (SSSR count). The van der Waals surface area contributed by atoms with Crippen LogP contribution in [0.1, 0.15) is 25.3 Å². The molecule has 0 heterocycles. The lowest BCUT2D eigenvalue weighted by atomic mass is 10.1. The summed E-state index contributed by atoms with van der Waals surface area (Å²) in [5.41, 5.74) is 1.05. The van der Waals surface area contributed by atoms with E-state index >= 15 is 0 Å². The maximum Gasteiger partial charge on any atom is 0.317 e. The molecule has 0 saturated carbocycles. The molecule has 0 unspecified atom stereocenters. The van der Waals surface area contributed by atoms with E-state index in [1.165, 1.54) is 0 Å². The van der Waals surface area contributed by atoms with E-state index in [-0.39, 0.29) is 19.2 Å². The van der Waals surface area contributed by atoms with Crippen molar-refractivity contribution in [3.8, 4) is 5.75 Å². The third-order valence-electron chi connectivity index (χ3n) is 3.38. The molecule has 0 aliphatic heterocycles. The second-order valence-corrected chi connectivity index (χ2v) is 5.20. The second-order valence-electron chi connectivity index (χ2n) is 5.20. The van der Waals surface area contributed by atoms with Crippen LogP contribution in [0.15, 0.2) is 24.3 Å². The third kappa shape index (κ3) is 6.60. The van der Waals surface area contributed by atoms with E-state index in [1.54, 1.807) is 11.9 Å². The van der Waals surface area contributed by atoms with Gasteiger partial charge in [-0.1, -0.05) is 25.5 Å². The first-order valence-corrected chi connectivity index (χ1v) is 7.31. The average Bonchev–Trinajstić information content (AvgIpc) is 2.45. The number of nitrogens with zero attached hydrogens (tertiary/aromatic N) is 1. The molecule has 0 bridgehead atoms. The van der Waals surface area contributed by atoms with E-state index in [0.29, 0.717) is 6.42 Å². The van der Waals surface area contributed by atoms with Crippen molar-refractivity contribution in [1.82, 2.24) is 4.90 Å². The molecule has 2 N–H and O–H groups in total. The molecule has 1 atom stereocenters. The lowest BCUT2D eigenvalue weighted by Crippen LogP contribution is -2.39. The topological polar surface area (TPSA) is 70.0 Å². The molecule has 21 heavy (non-hydrogen) atoms. The Morgan fingerprint density at radius 1 is 1.33 bits per heavy atom. The molecule has 5 heteroatoms. The molecule has 5 nitrogen and oxygen atoms in total. The predicted octanol–water partition coefficient (Wildman–Crippen LogP) is 1.79. The summed E-state index contributed by atoms with van der Waals surface area (Å²) >= 11 is 0. The molecule has 0 saturated heterocycles. The van der Waals surface area contributed by atoms with Crippen molar-refractivity contribution in [1.29, 1.82) is 0 Å². The first kappa shape index (κ1) is 17.5. The van der Waals surface area contributed by atoms with Crippen molar-refractivity contribution in [3.63, 3.8) is 0 Å². The van der Waals surface area contributed by atoms with Crippen molar-refractivity contribution in [2.24, 2.45) is 0 Å². The number of unbranched alkanes of at least 4 members (excludes halogenated alkanes) is 1. The number of rotatable bonds is 10. The van der Waals surface area contributed by atoms with Gasteiger partial charge in [-0.3, -0.25) is 9.69 Å². The van der Waals surface area contributed by atoms with Gasteiger partial charge in [0.05, 0.1) is 19.8 Å². The summed E-state index contributed by atoms with van der Waals surface area (Å²) in [6.45, 7) is 2.69. The number of ether oxygens (including phenoxy) is 1. The monoisotopic (exact) mass is 295 g/mol. The minimum Gasteiger partial charge on any atom is -0.494 e. The third-order valence-corrected chi connectivity index (χ3v) is 3.38. The molecule has 0 spiro atoms. The van der Waals surface area contributed by atoms with E-state index in [0.717, 1.165) is 30.8 Å². The van der Waals surface area contributed by atoms with Crippen molar-refractivity contribution in [3.05, 3.63) is 29.8 Å². The van der Waals surface area contributed by atoms with Gasteiger partial charge in [0.1, 0.15) is 5.75 Å². The van der Waals surface area contributed by atoms with Crippen molar-refractivity contribution in [2.45, 2.75) is 32.2 Å². The number of benzene rings is 1. The Bertz CT molecular complexity index is 419. The van der Waals surface area contributed by atoms with Crippen LogP contribution in [0.5, 0.6) is 5.75 Å². The highest BCUT2D eigenvalue weighted by atomic mass is 16.5. The van der Waals surface area contributed by atoms with Crippen LogP contribution < -0.4 is 4.74 Å². The quantitative estimate of drug-likeness (QED) is 0.644. The highest BCUT2D eigenvalue weighted by molar-refractivity contribution is 5.69. The molecular weight excluding hydrogens is 270 g/mol. The van der Waals surface area contributed by atoms with E-state index in [9.17, 15) is 9.90 Å². The fourth-order valence-corrected chi connectivity index (χ4v) is 2.03. The Morgan fingerprint density at radius 3 is 2.52 bits per heavy atom. The van der Waals surface area contributed by atoms with Gasteiger partial charge in [0, 0.05) is 6.04 Å². The normalized spacial score (nSPS) is 12.4. The van der Waals surface area contributed by atoms with Gasteiger partial charge in [-0.25, -0.2) is 0 Å². The zero-order chi connectivity index (χ0) is 15.7. The van der Waals surface area contributed by atoms with Crippen LogP contribution in [0.25, 0.3) is 0 Å². The Hall–Kier alpha value is -1.59. The number of hydrogen-bond acceptors (Lipinski definition) is 4. The zero-order valence-corrected chi connectivity index (χ0v) is 12.8. The largest absolute Gasteiger partial charge is 0.494 e. The van der Waals surface area contributed by atoms with Gasteiger partial charge in [-0.2, -0.15) is 0 Å². The highest BCUT2D eigenvalue weighted by Crippen LogP contribution is 2.15. The summed E-state index contributed by atoms with van der Waals surface area (Å²) in [7, 11) is 1.71. The van der Waals surface area contributed by atoms with Crippen LogP contribution in [0.4, 0.5) is 0 Å². The van der Waals surface area contributed by atoms with E-state index in [4.69, 9.17) is 9.84 Å². The molecule has 0 aliphatic carbocycles. The van der Waals surface area contributed by atoms with E-state index < -0.39 is 5.97 Å². The average molecular weight is 295 g/mol. The highest BCUT2D eigenvalue weighted by Gasteiger charge is 2.16. The van der Waals surface area contributed by atoms with Crippen molar-refractivity contribution < 1.29 is 19.7 Å². The molecule has 1 aromatic rings. The molecule has 118 valence electrons. The van der Waals surface area contributed by atoms with Crippen LogP contribution >= 0.6 is 0 Å². The van der Waals surface area contributed by atoms with Gasteiger partial charge in [-0.15, -0.1) is 0 Å². The fraction of sp³-hybridized carbons (Fsp3) is 0.562. The maximum atomic E-state index is 10.7. The lowest BCUT2D eigenvalue weighted by Gasteiger charge is -2.24. The second kappa shape index (κ2) is 9.37. The Morgan fingerprint density at radius 2 is 2.00 bits per heavy atom. The number of hydrogen-bond donors (Lipinski definition) is 2.